The third-order valence-electron chi connectivity index (χ3n) is 3.06. The van der Waals surface area contributed by atoms with Gasteiger partial charge in [-0.2, -0.15) is 0 Å². The third-order valence-corrected chi connectivity index (χ3v) is 5.70. The van der Waals surface area contributed by atoms with Crippen LogP contribution >= 0.6 is 0 Å². The van der Waals surface area contributed by atoms with Crippen LogP contribution in [0.1, 0.15) is 67.2 Å². The topological polar surface area (TPSA) is 3.24 Å². The maximum absolute atomic E-state index is 2.69. The zero-order chi connectivity index (χ0) is 12.6. The average molecular weight is 241 g/mol. The number of rotatable bonds is 8. The molecular weight excluding hydrogens is 210 g/mol. The molecular formula is C14H31NSi. The summed E-state index contributed by atoms with van der Waals surface area (Å²) in [6, 6.07) is 1.40. The molecule has 0 aromatic heterocycles. The van der Waals surface area contributed by atoms with E-state index in [0.29, 0.717) is 12.1 Å². The molecule has 0 N–H and O–H groups in total. The van der Waals surface area contributed by atoms with E-state index in [1.54, 1.807) is 5.57 Å². The Labute approximate surface area is 105 Å². The Morgan fingerprint density at radius 1 is 1.00 bits per heavy atom. The van der Waals surface area contributed by atoms with Gasteiger partial charge in [-0.3, -0.25) is 0 Å². The van der Waals surface area contributed by atoms with E-state index in [-0.39, 0.29) is 9.68 Å². The molecule has 0 unspecified atom stereocenters. The van der Waals surface area contributed by atoms with E-state index in [9.17, 15) is 0 Å². The molecule has 0 saturated carbocycles. The molecule has 0 fully saturated rings. The van der Waals surface area contributed by atoms with Crippen molar-refractivity contribution in [2.45, 2.75) is 79.3 Å². The molecule has 1 nitrogen and oxygen atoms in total. The minimum atomic E-state index is -0.186. The van der Waals surface area contributed by atoms with Crippen LogP contribution in [0.25, 0.3) is 0 Å². The quantitative estimate of drug-likeness (QED) is 0.586. The molecule has 0 amide bonds. The second-order valence-corrected chi connectivity index (χ2v) is 6.75. The summed E-state index contributed by atoms with van der Waals surface area (Å²) in [5.74, 6) is 0. The molecule has 0 radical (unpaired) electrons. The normalized spacial score (nSPS) is 12.3. The predicted molar refractivity (Wildman–Crippen MR) is 78.6 cm³/mol. The van der Waals surface area contributed by atoms with E-state index >= 15 is 0 Å². The maximum atomic E-state index is 2.69. The molecule has 0 aromatic carbocycles. The fourth-order valence-electron chi connectivity index (χ4n) is 2.22. The highest BCUT2D eigenvalue weighted by molar-refractivity contribution is 6.39. The van der Waals surface area contributed by atoms with Crippen molar-refractivity contribution >= 4 is 9.68 Å². The first-order valence-corrected chi connectivity index (χ1v) is 8.41. The van der Waals surface area contributed by atoms with Gasteiger partial charge in [0.15, 0.2) is 0 Å². The van der Waals surface area contributed by atoms with Gasteiger partial charge in [0.05, 0.1) is 0 Å². The van der Waals surface area contributed by atoms with E-state index in [0.717, 1.165) is 0 Å². The largest absolute Gasteiger partial charge is 0.321 e. The third kappa shape index (κ3) is 6.49. The Morgan fingerprint density at radius 3 is 1.75 bits per heavy atom. The van der Waals surface area contributed by atoms with Crippen LogP contribution < -0.4 is 0 Å². The van der Waals surface area contributed by atoms with Gasteiger partial charge in [0, 0.05) is 0 Å². The first kappa shape index (κ1) is 15.9. The van der Waals surface area contributed by atoms with Crippen molar-refractivity contribution in [3.05, 3.63) is 11.3 Å². The number of allylic oxidation sites excluding steroid dienone is 1. The Kier molecular flexibility index (Phi) is 8.95. The van der Waals surface area contributed by atoms with Gasteiger partial charge in [-0.15, -0.1) is 0 Å². The second-order valence-electron chi connectivity index (χ2n) is 5.25. The summed E-state index contributed by atoms with van der Waals surface area (Å²) in [6.45, 7) is 13.8. The lowest BCUT2D eigenvalue weighted by Crippen LogP contribution is -2.39. The summed E-state index contributed by atoms with van der Waals surface area (Å²) in [5, 5.41) is 0. The van der Waals surface area contributed by atoms with Gasteiger partial charge in [-0.1, -0.05) is 65.7 Å². The highest BCUT2D eigenvalue weighted by Gasteiger charge is 2.11. The van der Waals surface area contributed by atoms with Crippen molar-refractivity contribution < 1.29 is 0 Å². The monoisotopic (exact) mass is 241 g/mol. The van der Waals surface area contributed by atoms with E-state index in [2.05, 4.69) is 51.8 Å². The minimum Gasteiger partial charge on any atom is -0.321 e. The molecule has 0 aromatic rings. The fraction of sp³-hybridized carbons (Fsp3) is 0.857. The molecule has 0 aliphatic rings. The van der Waals surface area contributed by atoms with E-state index < -0.39 is 0 Å². The maximum Gasteiger partial charge on any atom is 0.120 e. The van der Waals surface area contributed by atoms with Crippen LogP contribution in [-0.2, 0) is 0 Å². The lowest BCUT2D eigenvalue weighted by molar-refractivity contribution is 0.315. The van der Waals surface area contributed by atoms with Gasteiger partial charge in [-0.25, -0.2) is 0 Å². The van der Waals surface area contributed by atoms with Crippen LogP contribution in [0.2, 0.25) is 0 Å². The summed E-state index contributed by atoms with van der Waals surface area (Å²) >= 11 is 0. The Bertz CT molecular complexity index is 181. The highest BCUT2D eigenvalue weighted by Crippen LogP contribution is 2.12. The van der Waals surface area contributed by atoms with Crippen LogP contribution in [0.4, 0.5) is 0 Å². The molecule has 0 spiro atoms. The SMILES string of the molecule is CCCC(=C[SiH2]N(C(C)C)C(C)C)CCC. The lowest BCUT2D eigenvalue weighted by atomic mass is 10.1. The van der Waals surface area contributed by atoms with Gasteiger partial charge in [0.2, 0.25) is 0 Å². The average Bonchev–Trinajstić information content (AvgIpc) is 2.17. The van der Waals surface area contributed by atoms with Crippen molar-refractivity contribution in [3.8, 4) is 0 Å². The molecule has 0 aliphatic carbocycles. The molecule has 2 heteroatoms. The smallest absolute Gasteiger partial charge is 0.120 e. The van der Waals surface area contributed by atoms with Gasteiger partial charge < -0.3 is 4.57 Å². The van der Waals surface area contributed by atoms with Crippen molar-refractivity contribution in [2.75, 3.05) is 0 Å². The van der Waals surface area contributed by atoms with Crippen molar-refractivity contribution in [3.63, 3.8) is 0 Å². The first-order chi connectivity index (χ1) is 7.52. The molecule has 0 bridgehead atoms. The van der Waals surface area contributed by atoms with Crippen LogP contribution in [0.3, 0.4) is 0 Å². The molecule has 96 valence electrons. The fourth-order valence-corrected chi connectivity index (χ4v) is 3.94. The summed E-state index contributed by atoms with van der Waals surface area (Å²) in [5.41, 5.74) is 4.32. The molecule has 0 aliphatic heterocycles. The summed E-state index contributed by atoms with van der Waals surface area (Å²) in [6.07, 6.45) is 5.21. The van der Waals surface area contributed by atoms with E-state index in [1.165, 1.54) is 25.7 Å². The van der Waals surface area contributed by atoms with Gasteiger partial charge >= 0.3 is 0 Å². The van der Waals surface area contributed by atoms with Crippen LogP contribution in [0.5, 0.6) is 0 Å². The molecule has 0 atom stereocenters. The van der Waals surface area contributed by atoms with Gasteiger partial charge in [-0.05, 0) is 24.9 Å². The van der Waals surface area contributed by atoms with Gasteiger partial charge in [0.25, 0.3) is 0 Å². The van der Waals surface area contributed by atoms with Crippen molar-refractivity contribution in [1.82, 2.24) is 4.57 Å². The van der Waals surface area contributed by atoms with Gasteiger partial charge in [0.1, 0.15) is 9.68 Å². The summed E-state index contributed by atoms with van der Waals surface area (Å²) in [4.78, 5) is 0. The van der Waals surface area contributed by atoms with Crippen LogP contribution in [0, 0.1) is 0 Å². The number of hydrogen-bond donors (Lipinski definition) is 0. The van der Waals surface area contributed by atoms with E-state index in [4.69, 9.17) is 0 Å². The van der Waals surface area contributed by atoms with Crippen molar-refractivity contribution in [1.29, 1.82) is 0 Å². The lowest BCUT2D eigenvalue weighted by Gasteiger charge is -2.29. The van der Waals surface area contributed by atoms with Crippen LogP contribution in [-0.4, -0.2) is 26.3 Å². The first-order valence-electron chi connectivity index (χ1n) is 6.96. The molecule has 0 saturated heterocycles. The highest BCUT2D eigenvalue weighted by atomic mass is 28.2. The zero-order valence-corrected chi connectivity index (χ0v) is 13.6. The number of nitrogens with zero attached hydrogens (tertiary/aromatic N) is 1. The molecule has 0 heterocycles. The second kappa shape index (κ2) is 9.00. The summed E-state index contributed by atoms with van der Waals surface area (Å²) < 4.78 is 2.69. The molecule has 16 heavy (non-hydrogen) atoms. The Hall–Kier alpha value is -0.0831. The Balaban J connectivity index is 4.35. The summed E-state index contributed by atoms with van der Waals surface area (Å²) in [7, 11) is -0.186. The standard InChI is InChI=1S/C14H31NSi/c1-7-9-14(10-8-2)11-16-15(12(3)4)13(5)6/h11-13H,7-10,16H2,1-6H3. The Morgan fingerprint density at radius 2 is 1.44 bits per heavy atom. The molecule has 0 rings (SSSR count). The number of hydrogen-bond acceptors (Lipinski definition) is 1. The zero-order valence-electron chi connectivity index (χ0n) is 12.2. The van der Waals surface area contributed by atoms with Crippen molar-refractivity contribution in [2.24, 2.45) is 0 Å². The van der Waals surface area contributed by atoms with E-state index in [1.807, 2.05) is 0 Å². The van der Waals surface area contributed by atoms with Crippen LogP contribution in [0.15, 0.2) is 11.3 Å². The minimum absolute atomic E-state index is 0.186. The predicted octanol–water partition coefficient (Wildman–Crippen LogP) is 3.67.